The van der Waals surface area contributed by atoms with Crippen LogP contribution in [-0.2, 0) is 17.7 Å². The van der Waals surface area contributed by atoms with Crippen molar-refractivity contribution in [3.63, 3.8) is 0 Å². The molecule has 1 aromatic rings. The summed E-state index contributed by atoms with van der Waals surface area (Å²) in [4.78, 5) is 0. The monoisotopic (exact) mass is 289 g/mol. The molecular weight excluding hydrogens is 270 g/mol. The zero-order chi connectivity index (χ0) is 12.0. The van der Waals surface area contributed by atoms with E-state index in [0.29, 0.717) is 12.5 Å². The molecule has 1 aromatic heterocycles. The van der Waals surface area contributed by atoms with Crippen LogP contribution in [-0.4, -0.2) is 37.1 Å². The van der Waals surface area contributed by atoms with Gasteiger partial charge in [-0.05, 0) is 41.9 Å². The van der Waals surface area contributed by atoms with Crippen LogP contribution in [0.5, 0.6) is 0 Å². The SMILES string of the molecule is CNCC(C)Cc1c(Br)cnn1CCOC. The minimum absolute atomic E-state index is 0.597. The van der Waals surface area contributed by atoms with Gasteiger partial charge in [0.2, 0.25) is 0 Å². The van der Waals surface area contributed by atoms with Gasteiger partial charge in [0, 0.05) is 7.11 Å². The smallest absolute Gasteiger partial charge is 0.0658 e. The summed E-state index contributed by atoms with van der Waals surface area (Å²) < 4.78 is 8.18. The van der Waals surface area contributed by atoms with E-state index < -0.39 is 0 Å². The Labute approximate surface area is 105 Å². The van der Waals surface area contributed by atoms with Crippen molar-refractivity contribution in [2.75, 3.05) is 27.3 Å². The zero-order valence-electron chi connectivity index (χ0n) is 10.2. The first-order valence-corrected chi connectivity index (χ1v) is 6.32. The van der Waals surface area contributed by atoms with E-state index in [1.807, 2.05) is 17.9 Å². The van der Waals surface area contributed by atoms with Crippen LogP contribution < -0.4 is 5.32 Å². The fraction of sp³-hybridized carbons (Fsp3) is 0.727. The predicted octanol–water partition coefficient (Wildman–Crippen LogP) is 1.69. The lowest BCUT2D eigenvalue weighted by Crippen LogP contribution is -2.20. The second kappa shape index (κ2) is 7.04. The van der Waals surface area contributed by atoms with Gasteiger partial charge in [-0.3, -0.25) is 4.68 Å². The van der Waals surface area contributed by atoms with Crippen molar-refractivity contribution in [2.45, 2.75) is 19.9 Å². The molecule has 1 rings (SSSR count). The van der Waals surface area contributed by atoms with Gasteiger partial charge in [-0.15, -0.1) is 0 Å². The molecule has 0 radical (unpaired) electrons. The minimum Gasteiger partial charge on any atom is -0.383 e. The Morgan fingerprint density at radius 1 is 1.62 bits per heavy atom. The first-order valence-electron chi connectivity index (χ1n) is 5.52. The molecule has 1 atom stereocenters. The number of methoxy groups -OCH3 is 1. The third kappa shape index (κ3) is 3.88. The summed E-state index contributed by atoms with van der Waals surface area (Å²) in [7, 11) is 3.69. The van der Waals surface area contributed by atoms with E-state index in [0.717, 1.165) is 24.0 Å². The predicted molar refractivity (Wildman–Crippen MR) is 68.6 cm³/mol. The molecule has 0 amide bonds. The van der Waals surface area contributed by atoms with E-state index >= 15 is 0 Å². The van der Waals surface area contributed by atoms with Crippen LogP contribution in [0, 0.1) is 5.92 Å². The van der Waals surface area contributed by atoms with Crippen LogP contribution >= 0.6 is 15.9 Å². The van der Waals surface area contributed by atoms with Gasteiger partial charge in [0.05, 0.1) is 29.5 Å². The summed E-state index contributed by atoms with van der Waals surface area (Å²) in [5, 5.41) is 7.53. The number of nitrogens with one attached hydrogen (secondary N) is 1. The van der Waals surface area contributed by atoms with Crippen molar-refractivity contribution < 1.29 is 4.74 Å². The Kier molecular flexibility index (Phi) is 6.01. The van der Waals surface area contributed by atoms with Crippen molar-refractivity contribution in [1.29, 1.82) is 0 Å². The third-order valence-corrected chi connectivity index (χ3v) is 3.16. The quantitative estimate of drug-likeness (QED) is 0.830. The number of rotatable bonds is 7. The molecule has 0 fully saturated rings. The van der Waals surface area contributed by atoms with Crippen LogP contribution in [0.1, 0.15) is 12.6 Å². The average Bonchev–Trinajstić information content (AvgIpc) is 2.58. The zero-order valence-corrected chi connectivity index (χ0v) is 11.7. The minimum atomic E-state index is 0.597. The maximum atomic E-state index is 5.07. The lowest BCUT2D eigenvalue weighted by molar-refractivity contribution is 0.182. The molecule has 1 unspecified atom stereocenters. The molecule has 0 bridgehead atoms. The molecule has 0 aliphatic carbocycles. The number of nitrogens with zero attached hydrogens (tertiary/aromatic N) is 2. The molecule has 0 saturated heterocycles. The summed E-state index contributed by atoms with van der Waals surface area (Å²) in [6, 6.07) is 0. The molecule has 1 heterocycles. The largest absolute Gasteiger partial charge is 0.383 e. The van der Waals surface area contributed by atoms with E-state index in [2.05, 4.69) is 33.3 Å². The average molecular weight is 290 g/mol. The maximum Gasteiger partial charge on any atom is 0.0658 e. The summed E-state index contributed by atoms with van der Waals surface area (Å²) in [5.41, 5.74) is 1.25. The van der Waals surface area contributed by atoms with Crippen LogP contribution in [0.25, 0.3) is 0 Å². The highest BCUT2D eigenvalue weighted by Crippen LogP contribution is 2.19. The fourth-order valence-corrected chi connectivity index (χ4v) is 2.17. The first-order chi connectivity index (χ1) is 7.69. The van der Waals surface area contributed by atoms with E-state index in [9.17, 15) is 0 Å². The van der Waals surface area contributed by atoms with Crippen molar-refractivity contribution in [2.24, 2.45) is 5.92 Å². The van der Waals surface area contributed by atoms with Gasteiger partial charge >= 0.3 is 0 Å². The Bertz CT molecular complexity index is 314. The van der Waals surface area contributed by atoms with E-state index in [1.165, 1.54) is 5.69 Å². The number of hydrogen-bond acceptors (Lipinski definition) is 3. The molecule has 0 aliphatic heterocycles. The standard InChI is InChI=1S/C11H20BrN3O/c1-9(7-13-2)6-11-10(12)8-14-15(11)4-5-16-3/h8-9,13H,4-7H2,1-3H3. The second-order valence-electron chi connectivity index (χ2n) is 4.02. The van der Waals surface area contributed by atoms with Crippen molar-refractivity contribution >= 4 is 15.9 Å². The van der Waals surface area contributed by atoms with Gasteiger partial charge in [0.25, 0.3) is 0 Å². The molecule has 0 saturated carbocycles. The molecule has 0 spiro atoms. The molecule has 1 N–H and O–H groups in total. The number of aromatic nitrogens is 2. The van der Waals surface area contributed by atoms with Crippen LogP contribution in [0.4, 0.5) is 0 Å². The molecule has 0 aliphatic rings. The molecule has 92 valence electrons. The molecule has 16 heavy (non-hydrogen) atoms. The van der Waals surface area contributed by atoms with Gasteiger partial charge in [-0.25, -0.2) is 0 Å². The maximum absolute atomic E-state index is 5.07. The van der Waals surface area contributed by atoms with E-state index in [1.54, 1.807) is 7.11 Å². The van der Waals surface area contributed by atoms with Crippen molar-refractivity contribution in [3.05, 3.63) is 16.4 Å². The normalized spacial score (nSPS) is 13.0. The third-order valence-electron chi connectivity index (χ3n) is 2.50. The number of hydrogen-bond donors (Lipinski definition) is 1. The summed E-state index contributed by atoms with van der Waals surface area (Å²) >= 11 is 3.54. The lowest BCUT2D eigenvalue weighted by Gasteiger charge is -2.13. The molecule has 5 heteroatoms. The highest BCUT2D eigenvalue weighted by molar-refractivity contribution is 9.10. The summed E-state index contributed by atoms with van der Waals surface area (Å²) in [6.45, 7) is 4.75. The topological polar surface area (TPSA) is 39.1 Å². The fourth-order valence-electron chi connectivity index (χ4n) is 1.71. The molecule has 4 nitrogen and oxygen atoms in total. The lowest BCUT2D eigenvalue weighted by atomic mass is 10.1. The van der Waals surface area contributed by atoms with Crippen molar-refractivity contribution in [1.82, 2.24) is 15.1 Å². The highest BCUT2D eigenvalue weighted by atomic mass is 79.9. The van der Waals surface area contributed by atoms with Crippen molar-refractivity contribution in [3.8, 4) is 0 Å². The van der Waals surface area contributed by atoms with E-state index in [4.69, 9.17) is 4.74 Å². The van der Waals surface area contributed by atoms with Gasteiger partial charge in [0.15, 0.2) is 0 Å². The Balaban J connectivity index is 2.65. The summed E-state index contributed by atoms with van der Waals surface area (Å²) in [6.07, 6.45) is 2.88. The number of ether oxygens (including phenoxy) is 1. The second-order valence-corrected chi connectivity index (χ2v) is 4.88. The van der Waals surface area contributed by atoms with Gasteiger partial charge in [-0.2, -0.15) is 5.10 Å². The van der Waals surface area contributed by atoms with Crippen LogP contribution in [0.3, 0.4) is 0 Å². The van der Waals surface area contributed by atoms with Gasteiger partial charge in [-0.1, -0.05) is 6.92 Å². The highest BCUT2D eigenvalue weighted by Gasteiger charge is 2.12. The van der Waals surface area contributed by atoms with Gasteiger partial charge < -0.3 is 10.1 Å². The first kappa shape index (κ1) is 13.7. The Hall–Kier alpha value is -0.390. The Morgan fingerprint density at radius 2 is 2.38 bits per heavy atom. The van der Waals surface area contributed by atoms with Gasteiger partial charge in [0.1, 0.15) is 0 Å². The number of halogens is 1. The summed E-state index contributed by atoms with van der Waals surface area (Å²) in [5.74, 6) is 0.597. The van der Waals surface area contributed by atoms with Crippen LogP contribution in [0.15, 0.2) is 10.7 Å². The van der Waals surface area contributed by atoms with Crippen LogP contribution in [0.2, 0.25) is 0 Å². The molecule has 0 aromatic carbocycles. The van der Waals surface area contributed by atoms with E-state index in [-0.39, 0.29) is 0 Å². The molecular formula is C11H20BrN3O. The Morgan fingerprint density at radius 3 is 3.00 bits per heavy atom.